The number of aromatic nitrogens is 3. The van der Waals surface area contributed by atoms with Gasteiger partial charge in [0.05, 0.1) is 4.88 Å². The highest BCUT2D eigenvalue weighted by Crippen LogP contribution is 2.25. The Morgan fingerprint density at radius 3 is 2.77 bits per heavy atom. The Morgan fingerprint density at radius 2 is 1.96 bits per heavy atom. The van der Waals surface area contributed by atoms with Crippen LogP contribution in [-0.4, -0.2) is 27.7 Å². The highest BCUT2D eigenvalue weighted by molar-refractivity contribution is 7.13. The molecule has 8 heteroatoms. The Labute approximate surface area is 152 Å². The first-order valence-corrected chi connectivity index (χ1v) is 8.84. The van der Waals surface area contributed by atoms with Crippen LogP contribution in [0.3, 0.4) is 0 Å². The Hall–Kier alpha value is -3.26. The first-order valence-electron chi connectivity index (χ1n) is 7.96. The number of benzene rings is 1. The van der Waals surface area contributed by atoms with Gasteiger partial charge in [-0.05, 0) is 11.4 Å². The second-order valence-electron chi connectivity index (χ2n) is 5.44. The fraction of sp³-hybridized carbons (Fsp3) is 0.111. The van der Waals surface area contributed by atoms with E-state index in [1.165, 1.54) is 11.3 Å². The molecule has 0 aliphatic heterocycles. The van der Waals surface area contributed by atoms with Crippen LogP contribution in [0, 0.1) is 0 Å². The van der Waals surface area contributed by atoms with Crippen molar-refractivity contribution in [1.29, 1.82) is 0 Å². The number of nitrogens with zero attached hydrogens (tertiary/aromatic N) is 3. The van der Waals surface area contributed by atoms with E-state index in [2.05, 4.69) is 20.6 Å². The van der Waals surface area contributed by atoms with Crippen LogP contribution in [0.5, 0.6) is 0 Å². The summed E-state index contributed by atoms with van der Waals surface area (Å²) in [5, 5.41) is 12.5. The molecule has 0 fully saturated rings. The molecule has 0 saturated heterocycles. The van der Waals surface area contributed by atoms with E-state index < -0.39 is 0 Å². The maximum Gasteiger partial charge on any atom is 0.273 e. The van der Waals surface area contributed by atoms with Crippen molar-refractivity contribution in [2.45, 2.75) is 6.42 Å². The van der Waals surface area contributed by atoms with Crippen molar-refractivity contribution < 1.29 is 13.8 Å². The molecule has 26 heavy (non-hydrogen) atoms. The van der Waals surface area contributed by atoms with Gasteiger partial charge >= 0.3 is 0 Å². The van der Waals surface area contributed by atoms with Crippen molar-refractivity contribution in [3.8, 4) is 22.0 Å². The van der Waals surface area contributed by atoms with Gasteiger partial charge in [-0.15, -0.1) is 11.3 Å². The van der Waals surface area contributed by atoms with Crippen molar-refractivity contribution in [1.82, 2.24) is 20.6 Å². The van der Waals surface area contributed by atoms with Gasteiger partial charge in [0.15, 0.2) is 11.5 Å². The summed E-state index contributed by atoms with van der Waals surface area (Å²) >= 11 is 1.52. The van der Waals surface area contributed by atoms with E-state index in [1.807, 2.05) is 47.8 Å². The monoisotopic (exact) mass is 366 g/mol. The van der Waals surface area contributed by atoms with Crippen LogP contribution < -0.4 is 5.32 Å². The molecule has 1 aromatic carbocycles. The van der Waals surface area contributed by atoms with E-state index in [9.17, 15) is 4.79 Å². The lowest BCUT2D eigenvalue weighted by atomic mass is 10.2. The molecule has 0 aliphatic rings. The first-order chi connectivity index (χ1) is 12.8. The molecule has 0 saturated carbocycles. The molecule has 0 aliphatic carbocycles. The molecule has 130 valence electrons. The zero-order valence-corrected chi connectivity index (χ0v) is 14.4. The van der Waals surface area contributed by atoms with Gasteiger partial charge in [0.1, 0.15) is 0 Å². The quantitative estimate of drug-likeness (QED) is 0.562. The summed E-state index contributed by atoms with van der Waals surface area (Å²) in [5.41, 5.74) is 1.12. The van der Waals surface area contributed by atoms with E-state index in [0.717, 1.165) is 10.4 Å². The van der Waals surface area contributed by atoms with E-state index in [4.69, 9.17) is 9.05 Å². The van der Waals surface area contributed by atoms with E-state index in [1.54, 1.807) is 6.07 Å². The number of amides is 1. The normalized spacial score (nSPS) is 10.8. The first kappa shape index (κ1) is 16.2. The molecule has 4 aromatic rings. The Kier molecular flexibility index (Phi) is 4.57. The zero-order chi connectivity index (χ0) is 17.8. The number of thiophene rings is 1. The summed E-state index contributed by atoms with van der Waals surface area (Å²) in [6.07, 6.45) is 0.432. The predicted molar refractivity (Wildman–Crippen MR) is 95.6 cm³/mol. The number of hydrogen-bond acceptors (Lipinski definition) is 7. The van der Waals surface area contributed by atoms with Crippen LogP contribution in [0.4, 0.5) is 0 Å². The average molecular weight is 366 g/mol. The summed E-state index contributed by atoms with van der Waals surface area (Å²) in [4.78, 5) is 17.4. The number of nitrogens with one attached hydrogen (secondary N) is 1. The van der Waals surface area contributed by atoms with Gasteiger partial charge < -0.3 is 14.4 Å². The number of carbonyl (C=O) groups excluding carboxylic acids is 1. The van der Waals surface area contributed by atoms with Gasteiger partial charge in [-0.25, -0.2) is 0 Å². The highest BCUT2D eigenvalue weighted by Gasteiger charge is 2.14. The molecule has 7 nitrogen and oxygen atoms in total. The molecule has 0 spiro atoms. The van der Waals surface area contributed by atoms with Crippen LogP contribution in [0.2, 0.25) is 0 Å². The van der Waals surface area contributed by atoms with Crippen LogP contribution >= 0.6 is 11.3 Å². The standard InChI is InChI=1S/C18H14N4O3S/c23-18(13-11-14(24-21-13)15-7-4-10-26-15)19-9-8-16-20-17(22-25-16)12-5-2-1-3-6-12/h1-7,10-11H,8-9H2,(H,19,23). The van der Waals surface area contributed by atoms with E-state index in [0.29, 0.717) is 30.4 Å². The predicted octanol–water partition coefficient (Wildman–Crippen LogP) is 3.43. The topological polar surface area (TPSA) is 94.1 Å². The van der Waals surface area contributed by atoms with Crippen molar-refractivity contribution in [3.63, 3.8) is 0 Å². The maximum atomic E-state index is 12.1. The lowest BCUT2D eigenvalue weighted by Crippen LogP contribution is -2.26. The van der Waals surface area contributed by atoms with Crippen LogP contribution in [-0.2, 0) is 6.42 Å². The fourth-order valence-electron chi connectivity index (χ4n) is 2.35. The SMILES string of the molecule is O=C(NCCc1nc(-c2ccccc2)no1)c1cc(-c2cccs2)on1. The van der Waals surface area contributed by atoms with Gasteiger partial charge in [0.25, 0.3) is 5.91 Å². The fourth-order valence-corrected chi connectivity index (χ4v) is 3.02. The molecule has 3 aromatic heterocycles. The molecular formula is C18H14N4O3S. The largest absolute Gasteiger partial charge is 0.355 e. The van der Waals surface area contributed by atoms with Crippen molar-refractivity contribution in [3.05, 3.63) is 65.5 Å². The van der Waals surface area contributed by atoms with Gasteiger partial charge in [0, 0.05) is 24.6 Å². The summed E-state index contributed by atoms with van der Waals surface area (Å²) in [6.45, 7) is 0.358. The average Bonchev–Trinajstić information content (AvgIpc) is 3.42. The summed E-state index contributed by atoms with van der Waals surface area (Å²) in [7, 11) is 0. The summed E-state index contributed by atoms with van der Waals surface area (Å²) in [5.74, 6) is 1.27. The zero-order valence-electron chi connectivity index (χ0n) is 13.6. The molecule has 4 rings (SSSR count). The third-order valence-corrected chi connectivity index (χ3v) is 4.52. The van der Waals surface area contributed by atoms with E-state index in [-0.39, 0.29) is 11.6 Å². The lowest BCUT2D eigenvalue weighted by molar-refractivity contribution is 0.0944. The molecule has 3 heterocycles. The number of hydrogen-bond donors (Lipinski definition) is 1. The molecular weight excluding hydrogens is 352 g/mol. The second kappa shape index (κ2) is 7.32. The Balaban J connectivity index is 1.32. The molecule has 1 N–H and O–H groups in total. The second-order valence-corrected chi connectivity index (χ2v) is 6.39. The van der Waals surface area contributed by atoms with Crippen molar-refractivity contribution in [2.24, 2.45) is 0 Å². The van der Waals surface area contributed by atoms with Gasteiger partial charge in [-0.3, -0.25) is 4.79 Å². The molecule has 0 unspecified atom stereocenters. The molecule has 0 radical (unpaired) electrons. The van der Waals surface area contributed by atoms with Gasteiger partial charge in [-0.2, -0.15) is 4.98 Å². The van der Waals surface area contributed by atoms with Crippen LogP contribution in [0.15, 0.2) is 63.0 Å². The third kappa shape index (κ3) is 3.55. The Bertz CT molecular complexity index is 993. The minimum atomic E-state index is -0.306. The van der Waals surface area contributed by atoms with Crippen molar-refractivity contribution in [2.75, 3.05) is 6.54 Å². The van der Waals surface area contributed by atoms with Gasteiger partial charge in [-0.1, -0.05) is 46.7 Å². The minimum Gasteiger partial charge on any atom is -0.355 e. The molecule has 0 atom stereocenters. The minimum absolute atomic E-state index is 0.240. The number of rotatable bonds is 6. The van der Waals surface area contributed by atoms with Crippen LogP contribution in [0.25, 0.3) is 22.0 Å². The maximum absolute atomic E-state index is 12.1. The highest BCUT2D eigenvalue weighted by atomic mass is 32.1. The Morgan fingerprint density at radius 1 is 1.08 bits per heavy atom. The van der Waals surface area contributed by atoms with Crippen molar-refractivity contribution >= 4 is 17.2 Å². The number of carbonyl (C=O) groups is 1. The van der Waals surface area contributed by atoms with Gasteiger partial charge in [0.2, 0.25) is 11.7 Å². The lowest BCUT2D eigenvalue weighted by Gasteiger charge is -1.99. The molecule has 1 amide bonds. The van der Waals surface area contributed by atoms with E-state index >= 15 is 0 Å². The smallest absolute Gasteiger partial charge is 0.273 e. The van der Waals surface area contributed by atoms with Crippen LogP contribution in [0.1, 0.15) is 16.4 Å². The molecule has 0 bridgehead atoms. The summed E-state index contributed by atoms with van der Waals surface area (Å²) in [6, 6.07) is 15.0. The third-order valence-electron chi connectivity index (χ3n) is 3.63. The summed E-state index contributed by atoms with van der Waals surface area (Å²) < 4.78 is 10.4.